The summed E-state index contributed by atoms with van der Waals surface area (Å²) in [6.07, 6.45) is 4.86. The fourth-order valence-corrected chi connectivity index (χ4v) is 2.02. The van der Waals surface area contributed by atoms with Gasteiger partial charge in [-0.15, -0.1) is 0 Å². The molecule has 64 valence electrons. The molecule has 1 fully saturated rings. The predicted octanol–water partition coefficient (Wildman–Crippen LogP) is -0.583. The number of rotatable bonds is 0. The van der Waals surface area contributed by atoms with Gasteiger partial charge in [-0.25, -0.2) is 0 Å². The number of piperazine rings is 1. The SMILES string of the molecule is C1=CC2N(C1)N=C1CNCCN12. The monoisotopic (exact) mass is 164 g/mol. The normalized spacial score (nSPS) is 32.0. The van der Waals surface area contributed by atoms with Crippen LogP contribution in [0.25, 0.3) is 0 Å². The third-order valence-corrected chi connectivity index (χ3v) is 2.61. The Morgan fingerprint density at radius 3 is 3.58 bits per heavy atom. The Balaban J connectivity index is 1.90. The van der Waals surface area contributed by atoms with Crippen molar-refractivity contribution in [3.05, 3.63) is 12.2 Å². The highest BCUT2D eigenvalue weighted by Crippen LogP contribution is 2.22. The lowest BCUT2D eigenvalue weighted by Crippen LogP contribution is -2.50. The van der Waals surface area contributed by atoms with E-state index >= 15 is 0 Å². The molecule has 1 saturated heterocycles. The van der Waals surface area contributed by atoms with Crippen LogP contribution in [0.1, 0.15) is 0 Å². The molecule has 0 spiro atoms. The molecule has 1 unspecified atom stereocenters. The minimum Gasteiger partial charge on any atom is -0.331 e. The highest BCUT2D eigenvalue weighted by atomic mass is 15.6. The summed E-state index contributed by atoms with van der Waals surface area (Å²) in [4.78, 5) is 2.38. The maximum atomic E-state index is 4.52. The lowest BCUT2D eigenvalue weighted by atomic mass is 10.3. The van der Waals surface area contributed by atoms with Gasteiger partial charge >= 0.3 is 0 Å². The molecule has 0 bridgehead atoms. The molecule has 0 saturated carbocycles. The molecular formula is C8H12N4. The molecular weight excluding hydrogens is 152 g/mol. The Hall–Kier alpha value is -1.03. The van der Waals surface area contributed by atoms with Crippen molar-refractivity contribution in [2.45, 2.75) is 6.17 Å². The molecule has 0 aromatic carbocycles. The molecule has 4 heteroatoms. The van der Waals surface area contributed by atoms with Crippen molar-refractivity contribution < 1.29 is 0 Å². The van der Waals surface area contributed by atoms with Crippen LogP contribution in [-0.4, -0.2) is 48.1 Å². The second-order valence-electron chi connectivity index (χ2n) is 3.35. The van der Waals surface area contributed by atoms with Gasteiger partial charge in [0, 0.05) is 13.1 Å². The Morgan fingerprint density at radius 1 is 1.58 bits per heavy atom. The smallest absolute Gasteiger partial charge is 0.141 e. The van der Waals surface area contributed by atoms with E-state index in [0.717, 1.165) is 26.2 Å². The first-order chi connectivity index (χ1) is 5.95. The fourth-order valence-electron chi connectivity index (χ4n) is 2.02. The highest BCUT2D eigenvalue weighted by molar-refractivity contribution is 5.86. The summed E-state index contributed by atoms with van der Waals surface area (Å²) < 4.78 is 0. The van der Waals surface area contributed by atoms with Crippen LogP contribution in [0, 0.1) is 0 Å². The molecule has 3 heterocycles. The fraction of sp³-hybridized carbons (Fsp3) is 0.625. The van der Waals surface area contributed by atoms with Gasteiger partial charge in [0.2, 0.25) is 0 Å². The van der Waals surface area contributed by atoms with Crippen molar-refractivity contribution >= 4 is 5.84 Å². The number of nitrogens with one attached hydrogen (secondary N) is 1. The maximum Gasteiger partial charge on any atom is 0.141 e. The summed E-state index contributed by atoms with van der Waals surface area (Å²) in [5.41, 5.74) is 0. The molecule has 0 aliphatic carbocycles. The predicted molar refractivity (Wildman–Crippen MR) is 46.6 cm³/mol. The molecule has 0 aromatic rings. The molecule has 0 radical (unpaired) electrons. The summed E-state index contributed by atoms with van der Waals surface area (Å²) >= 11 is 0. The molecule has 4 nitrogen and oxygen atoms in total. The third kappa shape index (κ3) is 0.728. The summed E-state index contributed by atoms with van der Waals surface area (Å²) in [7, 11) is 0. The zero-order valence-electron chi connectivity index (χ0n) is 6.90. The number of amidine groups is 1. The summed E-state index contributed by atoms with van der Waals surface area (Å²) in [6, 6.07) is 0. The van der Waals surface area contributed by atoms with Gasteiger partial charge in [0.1, 0.15) is 12.0 Å². The molecule has 1 N–H and O–H groups in total. The Labute approximate surface area is 71.5 Å². The molecule has 12 heavy (non-hydrogen) atoms. The third-order valence-electron chi connectivity index (χ3n) is 2.61. The average Bonchev–Trinajstić information content (AvgIpc) is 2.62. The Kier molecular flexibility index (Phi) is 1.20. The lowest BCUT2D eigenvalue weighted by Gasteiger charge is -2.29. The minimum absolute atomic E-state index is 0.432. The first-order valence-electron chi connectivity index (χ1n) is 4.43. The van der Waals surface area contributed by atoms with Crippen molar-refractivity contribution in [1.29, 1.82) is 0 Å². The van der Waals surface area contributed by atoms with Gasteiger partial charge in [-0.2, -0.15) is 5.10 Å². The van der Waals surface area contributed by atoms with Crippen molar-refractivity contribution in [2.75, 3.05) is 26.2 Å². The van der Waals surface area contributed by atoms with Crippen LogP contribution in [-0.2, 0) is 0 Å². The van der Waals surface area contributed by atoms with Gasteiger partial charge in [0.15, 0.2) is 0 Å². The van der Waals surface area contributed by atoms with E-state index in [2.05, 4.69) is 32.5 Å². The molecule has 0 aromatic heterocycles. The largest absolute Gasteiger partial charge is 0.331 e. The van der Waals surface area contributed by atoms with Crippen LogP contribution in [0.15, 0.2) is 17.3 Å². The van der Waals surface area contributed by atoms with E-state index in [1.807, 2.05) is 0 Å². The zero-order valence-corrected chi connectivity index (χ0v) is 6.90. The van der Waals surface area contributed by atoms with Gasteiger partial charge in [-0.1, -0.05) is 6.08 Å². The topological polar surface area (TPSA) is 30.9 Å². The van der Waals surface area contributed by atoms with Crippen molar-refractivity contribution in [1.82, 2.24) is 15.2 Å². The number of nitrogens with zero attached hydrogens (tertiary/aromatic N) is 3. The van der Waals surface area contributed by atoms with Gasteiger partial charge in [0.25, 0.3) is 0 Å². The van der Waals surface area contributed by atoms with Gasteiger partial charge in [-0.3, -0.25) is 5.01 Å². The van der Waals surface area contributed by atoms with E-state index in [9.17, 15) is 0 Å². The van der Waals surface area contributed by atoms with Crippen LogP contribution in [0.4, 0.5) is 0 Å². The second-order valence-corrected chi connectivity index (χ2v) is 3.35. The van der Waals surface area contributed by atoms with Crippen LogP contribution < -0.4 is 5.32 Å². The van der Waals surface area contributed by atoms with E-state index in [-0.39, 0.29) is 0 Å². The average molecular weight is 164 g/mol. The Bertz CT molecular complexity index is 258. The van der Waals surface area contributed by atoms with E-state index in [4.69, 9.17) is 0 Å². The summed E-state index contributed by atoms with van der Waals surface area (Å²) in [6.45, 7) is 4.08. The number of fused-ring (bicyclic) bond motifs is 3. The van der Waals surface area contributed by atoms with E-state index in [0.29, 0.717) is 6.17 Å². The highest BCUT2D eigenvalue weighted by Gasteiger charge is 2.34. The molecule has 1 atom stereocenters. The molecule has 0 amide bonds. The lowest BCUT2D eigenvalue weighted by molar-refractivity contribution is 0.198. The van der Waals surface area contributed by atoms with Gasteiger partial charge < -0.3 is 10.2 Å². The quantitative estimate of drug-likeness (QED) is 0.486. The Morgan fingerprint density at radius 2 is 2.58 bits per heavy atom. The van der Waals surface area contributed by atoms with E-state index in [1.165, 1.54) is 5.84 Å². The summed E-state index contributed by atoms with van der Waals surface area (Å²) in [5.74, 6) is 1.20. The molecule has 3 aliphatic heterocycles. The van der Waals surface area contributed by atoms with Crippen LogP contribution in [0.5, 0.6) is 0 Å². The number of hydrogen-bond donors (Lipinski definition) is 1. The van der Waals surface area contributed by atoms with Gasteiger partial charge in [-0.05, 0) is 6.08 Å². The maximum absolute atomic E-state index is 4.52. The molecule has 3 rings (SSSR count). The standard InChI is InChI=1S/C8H12N4/c1-2-8-11-5-3-9-6-7(11)10-12(8)4-1/h1-2,8-9H,3-6H2. The van der Waals surface area contributed by atoms with E-state index in [1.54, 1.807) is 0 Å². The molecule has 3 aliphatic rings. The second kappa shape index (κ2) is 2.23. The summed E-state index contributed by atoms with van der Waals surface area (Å²) in [5, 5.41) is 9.99. The first-order valence-corrected chi connectivity index (χ1v) is 4.43. The van der Waals surface area contributed by atoms with Crippen molar-refractivity contribution in [2.24, 2.45) is 5.10 Å². The minimum atomic E-state index is 0.432. The van der Waals surface area contributed by atoms with E-state index < -0.39 is 0 Å². The van der Waals surface area contributed by atoms with Crippen molar-refractivity contribution in [3.8, 4) is 0 Å². The van der Waals surface area contributed by atoms with Gasteiger partial charge in [0.05, 0.1) is 13.1 Å². The van der Waals surface area contributed by atoms with Crippen molar-refractivity contribution in [3.63, 3.8) is 0 Å². The van der Waals surface area contributed by atoms with Crippen LogP contribution in [0.3, 0.4) is 0 Å². The van der Waals surface area contributed by atoms with Crippen LogP contribution in [0.2, 0.25) is 0 Å². The number of hydrogen-bond acceptors (Lipinski definition) is 4. The number of hydrazone groups is 1. The first kappa shape index (κ1) is 6.48. The van der Waals surface area contributed by atoms with Crippen LogP contribution >= 0.6 is 0 Å². The zero-order chi connectivity index (χ0) is 7.97.